The highest BCUT2D eigenvalue weighted by molar-refractivity contribution is 6.03. The molecular weight excluding hydrogens is 380 g/mol. The zero-order valence-corrected chi connectivity index (χ0v) is 16.6. The van der Waals surface area contributed by atoms with Crippen molar-refractivity contribution in [1.29, 1.82) is 0 Å². The molecule has 1 aromatic rings. The molecule has 156 valence electrons. The van der Waals surface area contributed by atoms with Gasteiger partial charge in [0, 0.05) is 35.9 Å². The Labute approximate surface area is 168 Å². The zero-order valence-electron chi connectivity index (χ0n) is 16.6. The van der Waals surface area contributed by atoms with Gasteiger partial charge in [-0.15, -0.1) is 0 Å². The minimum atomic E-state index is -1.02. The fourth-order valence-corrected chi connectivity index (χ4v) is 3.80. The van der Waals surface area contributed by atoms with Crippen LogP contribution in [0.3, 0.4) is 0 Å². The Morgan fingerprint density at radius 3 is 2.69 bits per heavy atom. The number of halogens is 2. The second-order valence-electron chi connectivity index (χ2n) is 7.19. The van der Waals surface area contributed by atoms with Gasteiger partial charge in [0.05, 0.1) is 12.2 Å². The van der Waals surface area contributed by atoms with Gasteiger partial charge in [-0.05, 0) is 43.9 Å². The first-order chi connectivity index (χ1) is 13.9. The monoisotopic (exact) mass is 405 g/mol. The Kier molecular flexibility index (Phi) is 6.79. The molecule has 0 bridgehead atoms. The topological polar surface area (TPSA) is 64.6 Å². The largest absolute Gasteiger partial charge is 0.460 e. The molecule has 0 radical (unpaired) electrons. The average Bonchev–Trinajstić information content (AvgIpc) is 2.69. The van der Waals surface area contributed by atoms with E-state index in [0.717, 1.165) is 24.3 Å². The van der Waals surface area contributed by atoms with Crippen LogP contribution >= 0.6 is 0 Å². The molecule has 3 rings (SSSR count). The van der Waals surface area contributed by atoms with Crippen molar-refractivity contribution in [3.05, 3.63) is 57.9 Å². The number of carbonyl (C=O) groups is 2. The Balaban J connectivity index is 1.95. The van der Waals surface area contributed by atoms with Crippen molar-refractivity contribution in [2.45, 2.75) is 45.4 Å². The number of carbonyl (C=O) groups excluding carboxylic acids is 2. The molecule has 5 nitrogen and oxygen atoms in total. The Bertz CT molecular complexity index is 876. The number of esters is 1. The number of dihydropyridines is 1. The van der Waals surface area contributed by atoms with E-state index in [-0.39, 0.29) is 24.6 Å². The third-order valence-electron chi connectivity index (χ3n) is 5.08. The highest BCUT2D eigenvalue weighted by Crippen LogP contribution is 2.42. The molecule has 0 amide bonds. The molecule has 2 aliphatic rings. The predicted molar refractivity (Wildman–Crippen MR) is 103 cm³/mol. The molecular formula is C22H25F2NO4. The third-order valence-corrected chi connectivity index (χ3v) is 5.08. The first kappa shape index (κ1) is 21.2. The van der Waals surface area contributed by atoms with E-state index in [9.17, 15) is 18.4 Å². The summed E-state index contributed by atoms with van der Waals surface area (Å²) in [5, 5.41) is 3.15. The summed E-state index contributed by atoms with van der Waals surface area (Å²) in [6.45, 7) is 4.61. The van der Waals surface area contributed by atoms with E-state index in [1.54, 1.807) is 6.92 Å². The number of hydrogen-bond donors (Lipinski definition) is 1. The number of rotatable bonds is 7. The Morgan fingerprint density at radius 1 is 1.17 bits per heavy atom. The molecule has 0 saturated carbocycles. The van der Waals surface area contributed by atoms with Gasteiger partial charge < -0.3 is 14.8 Å². The highest BCUT2D eigenvalue weighted by Gasteiger charge is 2.39. The second-order valence-corrected chi connectivity index (χ2v) is 7.19. The summed E-state index contributed by atoms with van der Waals surface area (Å²) in [6, 6.07) is 3.46. The van der Waals surface area contributed by atoms with E-state index in [0.29, 0.717) is 42.7 Å². The molecule has 29 heavy (non-hydrogen) atoms. The van der Waals surface area contributed by atoms with Crippen LogP contribution in [-0.4, -0.2) is 31.6 Å². The number of ketones is 1. The van der Waals surface area contributed by atoms with Gasteiger partial charge in [-0.1, -0.05) is 13.0 Å². The molecule has 0 spiro atoms. The van der Waals surface area contributed by atoms with Crippen LogP contribution in [0, 0.1) is 11.6 Å². The number of ether oxygens (including phenoxy) is 2. The van der Waals surface area contributed by atoms with E-state index in [1.807, 2.05) is 6.92 Å². The minimum Gasteiger partial charge on any atom is -0.460 e. The summed E-state index contributed by atoms with van der Waals surface area (Å²) in [7, 11) is 0. The zero-order chi connectivity index (χ0) is 21.0. The maximum absolute atomic E-state index is 14.0. The highest BCUT2D eigenvalue weighted by atomic mass is 19.2. The lowest BCUT2D eigenvalue weighted by Crippen LogP contribution is -2.34. The van der Waals surface area contributed by atoms with Gasteiger partial charge in [0.2, 0.25) is 0 Å². The summed E-state index contributed by atoms with van der Waals surface area (Å²) in [4.78, 5) is 25.6. The van der Waals surface area contributed by atoms with Gasteiger partial charge >= 0.3 is 5.97 Å². The van der Waals surface area contributed by atoms with Crippen molar-refractivity contribution in [2.75, 3.05) is 19.8 Å². The summed E-state index contributed by atoms with van der Waals surface area (Å²) >= 11 is 0. The third kappa shape index (κ3) is 4.56. The smallest absolute Gasteiger partial charge is 0.336 e. The summed E-state index contributed by atoms with van der Waals surface area (Å²) in [5.41, 5.74) is 2.30. The van der Waals surface area contributed by atoms with Crippen LogP contribution in [0.15, 0.2) is 40.7 Å². The van der Waals surface area contributed by atoms with Crippen molar-refractivity contribution < 1.29 is 27.8 Å². The molecule has 1 N–H and O–H groups in total. The van der Waals surface area contributed by atoms with Crippen LogP contribution in [0.25, 0.3) is 0 Å². The Hall–Kier alpha value is -2.54. The van der Waals surface area contributed by atoms with Crippen molar-refractivity contribution in [1.82, 2.24) is 5.32 Å². The second kappa shape index (κ2) is 9.31. The van der Waals surface area contributed by atoms with E-state index >= 15 is 0 Å². The van der Waals surface area contributed by atoms with Crippen molar-refractivity contribution in [3.63, 3.8) is 0 Å². The van der Waals surface area contributed by atoms with Crippen LogP contribution in [-0.2, 0) is 19.1 Å². The fourth-order valence-electron chi connectivity index (χ4n) is 3.80. The van der Waals surface area contributed by atoms with E-state index in [2.05, 4.69) is 5.32 Å². The molecule has 1 aromatic carbocycles. The Morgan fingerprint density at radius 2 is 1.97 bits per heavy atom. The molecule has 0 aromatic heterocycles. The van der Waals surface area contributed by atoms with Crippen molar-refractivity contribution in [3.8, 4) is 0 Å². The number of benzene rings is 1. The van der Waals surface area contributed by atoms with Crippen molar-refractivity contribution in [2.24, 2.45) is 0 Å². The van der Waals surface area contributed by atoms with Crippen LogP contribution in [0.5, 0.6) is 0 Å². The quantitative estimate of drug-likeness (QED) is 0.551. The van der Waals surface area contributed by atoms with Gasteiger partial charge in [-0.25, -0.2) is 13.6 Å². The van der Waals surface area contributed by atoms with Gasteiger partial charge in [0.1, 0.15) is 6.61 Å². The van der Waals surface area contributed by atoms with E-state index in [4.69, 9.17) is 9.47 Å². The molecule has 0 fully saturated rings. The number of hydrogen-bond acceptors (Lipinski definition) is 5. The van der Waals surface area contributed by atoms with E-state index < -0.39 is 23.5 Å². The molecule has 1 unspecified atom stereocenters. The summed E-state index contributed by atoms with van der Waals surface area (Å²) in [6.07, 6.45) is 2.58. The molecule has 1 heterocycles. The molecule has 1 aliphatic carbocycles. The maximum Gasteiger partial charge on any atom is 0.336 e. The summed E-state index contributed by atoms with van der Waals surface area (Å²) in [5.74, 6) is -3.50. The lowest BCUT2D eigenvalue weighted by Gasteiger charge is -2.34. The van der Waals surface area contributed by atoms with Gasteiger partial charge in [-0.3, -0.25) is 4.79 Å². The standard InChI is InChI=1S/C22H25F2NO4/c1-3-9-28-10-11-29-22(27)19-13(2)25-17-5-4-6-18(26)21(17)20(19)14-7-8-15(23)16(24)12-14/h7-8,12,20,25H,3-6,9-11H2,1-2H3. The van der Waals surface area contributed by atoms with Crippen LogP contribution < -0.4 is 5.32 Å². The average molecular weight is 405 g/mol. The first-order valence-electron chi connectivity index (χ1n) is 9.87. The van der Waals surface area contributed by atoms with Gasteiger partial charge in [-0.2, -0.15) is 0 Å². The normalized spacial score (nSPS) is 19.2. The van der Waals surface area contributed by atoms with Crippen LogP contribution in [0.2, 0.25) is 0 Å². The first-order valence-corrected chi connectivity index (χ1v) is 9.87. The predicted octanol–water partition coefficient (Wildman–Crippen LogP) is 3.90. The van der Waals surface area contributed by atoms with Crippen LogP contribution in [0.4, 0.5) is 8.78 Å². The van der Waals surface area contributed by atoms with Crippen LogP contribution in [0.1, 0.15) is 51.0 Å². The maximum atomic E-state index is 14.0. The lowest BCUT2D eigenvalue weighted by atomic mass is 9.75. The number of nitrogens with one attached hydrogen (secondary N) is 1. The summed E-state index contributed by atoms with van der Waals surface area (Å²) < 4.78 is 38.1. The van der Waals surface area contributed by atoms with Gasteiger partial charge in [0.15, 0.2) is 17.4 Å². The molecule has 1 aliphatic heterocycles. The fraction of sp³-hybridized carbons (Fsp3) is 0.455. The lowest BCUT2D eigenvalue weighted by molar-refractivity contribution is -0.141. The molecule has 0 saturated heterocycles. The minimum absolute atomic E-state index is 0.0694. The molecule has 1 atom stereocenters. The van der Waals surface area contributed by atoms with Crippen molar-refractivity contribution >= 4 is 11.8 Å². The molecule has 7 heteroatoms. The number of allylic oxidation sites excluding steroid dienone is 3. The van der Waals surface area contributed by atoms with Gasteiger partial charge in [0.25, 0.3) is 0 Å². The number of Topliss-reactive ketones (excluding diaryl/α,β-unsaturated/α-hetero) is 1. The SMILES string of the molecule is CCCOCCOC(=O)C1=C(C)NC2=C(C(=O)CCC2)C1c1ccc(F)c(F)c1. The van der Waals surface area contributed by atoms with E-state index in [1.165, 1.54) is 6.07 Å².